The molecule has 0 radical (unpaired) electrons. The summed E-state index contributed by atoms with van der Waals surface area (Å²) in [6.45, 7) is 6.83. The molecule has 1 heterocycles. The second-order valence-electron chi connectivity index (χ2n) is 4.86. The van der Waals surface area contributed by atoms with Crippen molar-refractivity contribution in [1.29, 1.82) is 0 Å². The second kappa shape index (κ2) is 2.96. The van der Waals surface area contributed by atoms with Gasteiger partial charge in [0.1, 0.15) is 6.54 Å². The van der Waals surface area contributed by atoms with Crippen molar-refractivity contribution in [2.75, 3.05) is 13.1 Å². The summed E-state index contributed by atoms with van der Waals surface area (Å²) in [5.74, 6) is 0. The lowest BCUT2D eigenvalue weighted by molar-refractivity contribution is -0.909. The summed E-state index contributed by atoms with van der Waals surface area (Å²) in [6.07, 6.45) is -0.230. The average molecular weight is 186 g/mol. The predicted octanol–water partition coefficient (Wildman–Crippen LogP) is -0.324. The normalized spacial score (nSPS) is 34.9. The zero-order valence-corrected chi connectivity index (χ0v) is 8.54. The molecule has 2 N–H and O–H groups in total. The summed E-state index contributed by atoms with van der Waals surface area (Å²) in [7, 11) is 0. The molecule has 4 nitrogen and oxygen atoms in total. The number of hydrogen-bond acceptors (Lipinski definition) is 3. The molecule has 0 bridgehead atoms. The molecule has 76 valence electrons. The van der Waals surface area contributed by atoms with Crippen molar-refractivity contribution < 1.29 is 14.4 Å². The Balaban J connectivity index is 2.97. The van der Waals surface area contributed by atoms with Crippen molar-refractivity contribution in [3.8, 4) is 0 Å². The van der Waals surface area contributed by atoms with Crippen LogP contribution in [0.25, 0.3) is 0 Å². The van der Waals surface area contributed by atoms with E-state index >= 15 is 0 Å². The highest BCUT2D eigenvalue weighted by atomic mass is 16.4. The van der Waals surface area contributed by atoms with Gasteiger partial charge in [0.05, 0.1) is 18.1 Å². The third kappa shape index (κ3) is 1.56. The Bertz CT molecular complexity index is 222. The molecular formula is C9H18N2O2. The van der Waals surface area contributed by atoms with Gasteiger partial charge in [0.25, 0.3) is 6.09 Å². The number of hydrogen-bond donors (Lipinski definition) is 1. The van der Waals surface area contributed by atoms with Gasteiger partial charge in [-0.25, -0.2) is 0 Å². The van der Waals surface area contributed by atoms with E-state index < -0.39 is 6.09 Å². The van der Waals surface area contributed by atoms with Gasteiger partial charge >= 0.3 is 0 Å². The van der Waals surface area contributed by atoms with Gasteiger partial charge in [-0.15, -0.1) is 0 Å². The van der Waals surface area contributed by atoms with Crippen LogP contribution in [-0.2, 0) is 0 Å². The van der Waals surface area contributed by atoms with E-state index in [1.54, 1.807) is 0 Å². The third-order valence-corrected chi connectivity index (χ3v) is 3.06. The first-order valence-corrected chi connectivity index (χ1v) is 4.64. The highest BCUT2D eigenvalue weighted by Crippen LogP contribution is 2.30. The van der Waals surface area contributed by atoms with E-state index in [1.165, 1.54) is 0 Å². The molecule has 1 saturated heterocycles. The van der Waals surface area contributed by atoms with Gasteiger partial charge < -0.3 is 15.6 Å². The van der Waals surface area contributed by atoms with Crippen LogP contribution in [0, 0.1) is 0 Å². The minimum Gasteiger partial charge on any atom is -0.498 e. The van der Waals surface area contributed by atoms with Crippen LogP contribution in [-0.4, -0.2) is 35.2 Å². The number of likely N-dealkylation sites (tertiary alicyclic amines) is 1. The fourth-order valence-electron chi connectivity index (χ4n) is 2.02. The molecular weight excluding hydrogens is 168 g/mol. The maximum atomic E-state index is 11.1. The van der Waals surface area contributed by atoms with Gasteiger partial charge in [-0.1, -0.05) is 0 Å². The Morgan fingerprint density at radius 2 is 2.08 bits per heavy atom. The van der Waals surface area contributed by atoms with Crippen molar-refractivity contribution in [3.63, 3.8) is 0 Å². The highest BCUT2D eigenvalue weighted by Gasteiger charge is 2.47. The van der Waals surface area contributed by atoms with E-state index in [0.717, 1.165) is 6.42 Å². The number of nitrogens with two attached hydrogens (primary N) is 1. The van der Waals surface area contributed by atoms with Crippen LogP contribution in [0.1, 0.15) is 27.2 Å². The standard InChI is InChI=1S/C9H18N2O2/c1-9(2,3)11(8(12)13)5-4-7(10)6-11/h7H,4-6,10H2,1-3H3/t7-,11?/m1/s1. The summed E-state index contributed by atoms with van der Waals surface area (Å²) in [5.41, 5.74) is 5.41. The van der Waals surface area contributed by atoms with Crippen LogP contribution in [0.2, 0.25) is 0 Å². The Hall–Kier alpha value is -0.610. The fraction of sp³-hybridized carbons (Fsp3) is 0.889. The molecule has 0 aromatic carbocycles. The summed E-state index contributed by atoms with van der Waals surface area (Å²) in [5, 5.41) is 11.1. The summed E-state index contributed by atoms with van der Waals surface area (Å²) >= 11 is 0. The maximum Gasteiger partial charge on any atom is 0.257 e. The molecule has 0 saturated carbocycles. The Morgan fingerprint density at radius 3 is 2.23 bits per heavy atom. The number of carbonyl (C=O) groups is 1. The van der Waals surface area contributed by atoms with E-state index in [1.807, 2.05) is 20.8 Å². The van der Waals surface area contributed by atoms with Gasteiger partial charge in [0.15, 0.2) is 0 Å². The lowest BCUT2D eigenvalue weighted by Gasteiger charge is -2.44. The second-order valence-corrected chi connectivity index (χ2v) is 4.86. The van der Waals surface area contributed by atoms with Crippen LogP contribution >= 0.6 is 0 Å². The topological polar surface area (TPSA) is 66.1 Å². The van der Waals surface area contributed by atoms with Crippen molar-refractivity contribution >= 4 is 6.09 Å². The minimum absolute atomic E-state index is 0.00266. The predicted molar refractivity (Wildman–Crippen MR) is 47.7 cm³/mol. The molecule has 1 rings (SSSR count). The molecule has 1 unspecified atom stereocenters. The van der Waals surface area contributed by atoms with Crippen molar-refractivity contribution in [1.82, 2.24) is 0 Å². The number of rotatable bonds is 0. The van der Waals surface area contributed by atoms with E-state index in [0.29, 0.717) is 13.1 Å². The molecule has 0 aromatic rings. The smallest absolute Gasteiger partial charge is 0.257 e. The van der Waals surface area contributed by atoms with Crippen LogP contribution in [0.3, 0.4) is 0 Å². The van der Waals surface area contributed by atoms with E-state index in [-0.39, 0.29) is 16.1 Å². The Labute approximate surface area is 78.9 Å². The summed E-state index contributed by atoms with van der Waals surface area (Å²) in [4.78, 5) is 11.1. The van der Waals surface area contributed by atoms with Gasteiger partial charge in [-0.2, -0.15) is 0 Å². The Kier molecular flexibility index (Phi) is 2.38. The quantitative estimate of drug-likeness (QED) is 0.527. The van der Waals surface area contributed by atoms with E-state index in [9.17, 15) is 9.90 Å². The fourth-order valence-corrected chi connectivity index (χ4v) is 2.02. The van der Waals surface area contributed by atoms with Gasteiger partial charge in [-0.3, -0.25) is 4.48 Å². The first-order valence-electron chi connectivity index (χ1n) is 4.64. The zero-order chi connectivity index (χ0) is 10.3. The molecule has 4 heteroatoms. The maximum absolute atomic E-state index is 11.1. The molecule has 2 atom stereocenters. The SMILES string of the molecule is CC(C)(C)[N+]1(C(=O)[O-])CC[C@@H](N)C1. The monoisotopic (exact) mass is 186 g/mol. The van der Waals surface area contributed by atoms with Crippen LogP contribution in [0.4, 0.5) is 4.79 Å². The average Bonchev–Trinajstić information content (AvgIpc) is 2.30. The molecule has 0 aromatic heterocycles. The molecule has 13 heavy (non-hydrogen) atoms. The highest BCUT2D eigenvalue weighted by molar-refractivity contribution is 5.55. The first kappa shape index (κ1) is 10.5. The molecule has 1 aliphatic heterocycles. The van der Waals surface area contributed by atoms with Crippen molar-refractivity contribution in [2.24, 2.45) is 5.73 Å². The molecule has 1 fully saturated rings. The van der Waals surface area contributed by atoms with E-state index in [4.69, 9.17) is 5.73 Å². The number of carboxylic acid groups (broad SMARTS) is 1. The molecule has 1 aliphatic rings. The van der Waals surface area contributed by atoms with Crippen molar-refractivity contribution in [3.05, 3.63) is 0 Å². The van der Waals surface area contributed by atoms with Gasteiger partial charge in [0.2, 0.25) is 0 Å². The summed E-state index contributed by atoms with van der Waals surface area (Å²) < 4.78 is -0.00579. The molecule has 1 amide bonds. The lowest BCUT2D eigenvalue weighted by atomic mass is 10.0. The van der Waals surface area contributed by atoms with Gasteiger partial charge in [-0.05, 0) is 20.8 Å². The number of quaternary nitrogens is 1. The minimum atomic E-state index is -1.000. The summed E-state index contributed by atoms with van der Waals surface area (Å²) in [6, 6.07) is -0.00266. The molecule has 0 spiro atoms. The number of carbonyl (C=O) groups excluding carboxylic acids is 1. The zero-order valence-electron chi connectivity index (χ0n) is 8.54. The van der Waals surface area contributed by atoms with Crippen molar-refractivity contribution in [2.45, 2.75) is 38.8 Å². The van der Waals surface area contributed by atoms with Crippen LogP contribution in [0.5, 0.6) is 0 Å². The van der Waals surface area contributed by atoms with Crippen LogP contribution in [0.15, 0.2) is 0 Å². The largest absolute Gasteiger partial charge is 0.498 e. The number of nitrogens with zero attached hydrogens (tertiary/aromatic N) is 1. The van der Waals surface area contributed by atoms with E-state index in [2.05, 4.69) is 0 Å². The Morgan fingerprint density at radius 1 is 1.54 bits per heavy atom. The molecule has 0 aliphatic carbocycles. The third-order valence-electron chi connectivity index (χ3n) is 3.06. The number of amides is 1. The van der Waals surface area contributed by atoms with Gasteiger partial charge in [0, 0.05) is 6.42 Å². The van der Waals surface area contributed by atoms with Crippen LogP contribution < -0.4 is 10.8 Å². The lowest BCUT2D eigenvalue weighted by Crippen LogP contribution is -2.66. The first-order chi connectivity index (χ1) is 5.79.